The number of ether oxygens (including phenoxy) is 1. The Labute approximate surface area is 139 Å². The minimum absolute atomic E-state index is 0.00663. The molecule has 3 rings (SSSR count). The largest absolute Gasteiger partial charge is 0.494 e. The van der Waals surface area contributed by atoms with Gasteiger partial charge in [-0.2, -0.15) is 0 Å². The van der Waals surface area contributed by atoms with Crippen LogP contribution in [0, 0.1) is 5.82 Å². The summed E-state index contributed by atoms with van der Waals surface area (Å²) in [5, 5.41) is 2.52. The van der Waals surface area contributed by atoms with Gasteiger partial charge in [-0.15, -0.1) is 0 Å². The van der Waals surface area contributed by atoms with Crippen molar-refractivity contribution in [2.24, 2.45) is 0 Å². The summed E-state index contributed by atoms with van der Waals surface area (Å²) in [6, 6.07) is 5.01. The van der Waals surface area contributed by atoms with E-state index in [1.165, 1.54) is 20.2 Å². The van der Waals surface area contributed by atoms with Crippen molar-refractivity contribution >= 4 is 11.7 Å². The van der Waals surface area contributed by atoms with Gasteiger partial charge in [-0.3, -0.25) is 4.79 Å². The predicted molar refractivity (Wildman–Crippen MR) is 87.6 cm³/mol. The third-order valence-electron chi connectivity index (χ3n) is 4.24. The van der Waals surface area contributed by atoms with E-state index in [-0.39, 0.29) is 29.3 Å². The average molecular weight is 330 g/mol. The van der Waals surface area contributed by atoms with Gasteiger partial charge in [0.25, 0.3) is 5.91 Å². The number of hydrogen-bond donors (Lipinski definition) is 1. The average Bonchev–Trinajstić information content (AvgIpc) is 2.97. The number of rotatable bonds is 4. The van der Waals surface area contributed by atoms with Gasteiger partial charge in [0.2, 0.25) is 5.82 Å². The molecule has 2 aromatic rings. The van der Waals surface area contributed by atoms with Crippen LogP contribution in [0.4, 0.5) is 10.2 Å². The molecule has 2 heterocycles. The van der Waals surface area contributed by atoms with E-state index in [4.69, 9.17) is 4.74 Å². The Morgan fingerprint density at radius 2 is 2.29 bits per heavy atom. The molecule has 6 nitrogen and oxygen atoms in total. The Morgan fingerprint density at radius 1 is 1.50 bits per heavy atom. The van der Waals surface area contributed by atoms with Crippen molar-refractivity contribution in [2.45, 2.75) is 25.9 Å². The molecule has 24 heavy (non-hydrogen) atoms. The number of methoxy groups -OCH3 is 1. The van der Waals surface area contributed by atoms with Crippen LogP contribution in [0.1, 0.15) is 41.1 Å². The first kappa shape index (κ1) is 16.2. The number of anilines is 1. The third kappa shape index (κ3) is 2.66. The summed E-state index contributed by atoms with van der Waals surface area (Å²) in [6.07, 6.45) is 2.35. The lowest BCUT2D eigenvalue weighted by molar-refractivity contribution is 0.0953. The second-order valence-corrected chi connectivity index (χ2v) is 5.56. The highest BCUT2D eigenvalue weighted by Crippen LogP contribution is 2.40. The van der Waals surface area contributed by atoms with Crippen molar-refractivity contribution in [3.8, 4) is 5.75 Å². The Morgan fingerprint density at radius 3 is 2.96 bits per heavy atom. The summed E-state index contributed by atoms with van der Waals surface area (Å²) in [5.74, 6) is 0.286. The number of aromatic nitrogens is 2. The highest BCUT2D eigenvalue weighted by Gasteiger charge is 2.31. The fourth-order valence-electron chi connectivity index (χ4n) is 3.09. The predicted octanol–water partition coefficient (Wildman–Crippen LogP) is 2.46. The van der Waals surface area contributed by atoms with E-state index >= 15 is 0 Å². The van der Waals surface area contributed by atoms with Gasteiger partial charge in [-0.1, -0.05) is 6.92 Å². The van der Waals surface area contributed by atoms with Crippen LogP contribution in [-0.4, -0.2) is 30.0 Å². The zero-order valence-electron chi connectivity index (χ0n) is 13.8. The molecule has 126 valence electrons. The van der Waals surface area contributed by atoms with Crippen molar-refractivity contribution in [1.82, 2.24) is 15.3 Å². The summed E-state index contributed by atoms with van der Waals surface area (Å²) in [7, 11) is 2.99. The summed E-state index contributed by atoms with van der Waals surface area (Å²) in [5.41, 5.74) is 1.93. The van der Waals surface area contributed by atoms with Crippen molar-refractivity contribution < 1.29 is 13.9 Å². The van der Waals surface area contributed by atoms with Gasteiger partial charge in [0, 0.05) is 19.8 Å². The standard InChI is InChI=1S/C17H19FN4O2/c1-4-13-11-8-12(18)14(24-3)7-10(11)9-22(13)15-5-6-20-16(21-15)17(23)19-2/h5-8,13H,4,9H2,1-3H3,(H,19,23). The highest BCUT2D eigenvalue weighted by molar-refractivity contribution is 5.90. The first-order chi connectivity index (χ1) is 11.6. The van der Waals surface area contributed by atoms with E-state index in [1.807, 2.05) is 6.92 Å². The zero-order chi connectivity index (χ0) is 17.3. The second-order valence-electron chi connectivity index (χ2n) is 5.56. The molecule has 0 radical (unpaired) electrons. The number of hydrogen-bond acceptors (Lipinski definition) is 5. The van der Waals surface area contributed by atoms with Gasteiger partial charge in [0.15, 0.2) is 11.6 Å². The summed E-state index contributed by atoms with van der Waals surface area (Å²) in [4.78, 5) is 22.2. The molecule has 0 bridgehead atoms. The normalized spacial score (nSPS) is 16.0. The van der Waals surface area contributed by atoms with E-state index in [2.05, 4.69) is 20.2 Å². The quantitative estimate of drug-likeness (QED) is 0.933. The lowest BCUT2D eigenvalue weighted by atomic mass is 10.0. The number of fused-ring (bicyclic) bond motifs is 1. The fourth-order valence-corrected chi connectivity index (χ4v) is 3.09. The smallest absolute Gasteiger partial charge is 0.288 e. The third-order valence-corrected chi connectivity index (χ3v) is 4.24. The molecule has 1 amide bonds. The molecule has 1 unspecified atom stereocenters. The van der Waals surface area contributed by atoms with Gasteiger partial charge in [-0.25, -0.2) is 14.4 Å². The fraction of sp³-hybridized carbons (Fsp3) is 0.353. The molecule has 0 fully saturated rings. The number of nitrogens with zero attached hydrogens (tertiary/aromatic N) is 3. The summed E-state index contributed by atoms with van der Waals surface area (Å²) in [6.45, 7) is 2.62. The van der Waals surface area contributed by atoms with Crippen molar-refractivity contribution in [3.63, 3.8) is 0 Å². The van der Waals surface area contributed by atoms with Crippen LogP contribution < -0.4 is 15.0 Å². The maximum atomic E-state index is 14.1. The van der Waals surface area contributed by atoms with E-state index in [1.54, 1.807) is 18.3 Å². The van der Waals surface area contributed by atoms with E-state index < -0.39 is 0 Å². The maximum Gasteiger partial charge on any atom is 0.288 e. The Kier molecular flexibility index (Phi) is 4.33. The lowest BCUT2D eigenvalue weighted by Crippen LogP contribution is -2.25. The van der Waals surface area contributed by atoms with Crippen molar-refractivity contribution in [1.29, 1.82) is 0 Å². The molecule has 1 aromatic carbocycles. The molecule has 0 aliphatic carbocycles. The highest BCUT2D eigenvalue weighted by atomic mass is 19.1. The molecule has 0 saturated carbocycles. The molecule has 0 saturated heterocycles. The van der Waals surface area contributed by atoms with E-state index in [0.717, 1.165) is 17.5 Å². The van der Waals surface area contributed by atoms with Gasteiger partial charge in [0.1, 0.15) is 5.82 Å². The van der Waals surface area contributed by atoms with Crippen LogP contribution in [0.3, 0.4) is 0 Å². The number of carbonyl (C=O) groups excluding carboxylic acids is 1. The Bertz CT molecular complexity index is 781. The minimum atomic E-state index is -0.370. The number of nitrogens with one attached hydrogen (secondary N) is 1. The molecule has 1 aliphatic heterocycles. The van der Waals surface area contributed by atoms with Gasteiger partial charge in [0.05, 0.1) is 13.2 Å². The topological polar surface area (TPSA) is 67.3 Å². The minimum Gasteiger partial charge on any atom is -0.494 e. The number of amides is 1. The molecule has 7 heteroatoms. The van der Waals surface area contributed by atoms with Crippen molar-refractivity contribution in [3.05, 3.63) is 47.2 Å². The van der Waals surface area contributed by atoms with Gasteiger partial charge >= 0.3 is 0 Å². The molecule has 1 aliphatic rings. The number of benzene rings is 1. The molecule has 1 aromatic heterocycles. The van der Waals surface area contributed by atoms with Gasteiger partial charge in [-0.05, 0) is 35.7 Å². The first-order valence-electron chi connectivity index (χ1n) is 7.77. The second kappa shape index (κ2) is 6.43. The Balaban J connectivity index is 1.99. The number of carbonyl (C=O) groups is 1. The molecule has 1 atom stereocenters. The molecule has 1 N–H and O–H groups in total. The van der Waals surface area contributed by atoms with Crippen LogP contribution in [0.25, 0.3) is 0 Å². The summed E-state index contributed by atoms with van der Waals surface area (Å²) < 4.78 is 19.2. The molecular formula is C17H19FN4O2. The van der Waals surface area contributed by atoms with Gasteiger partial charge < -0.3 is 15.0 Å². The van der Waals surface area contributed by atoms with Crippen LogP contribution in [0.5, 0.6) is 5.75 Å². The van der Waals surface area contributed by atoms with E-state index in [0.29, 0.717) is 12.4 Å². The van der Waals surface area contributed by atoms with Crippen molar-refractivity contribution in [2.75, 3.05) is 19.1 Å². The monoisotopic (exact) mass is 330 g/mol. The lowest BCUT2D eigenvalue weighted by Gasteiger charge is -2.25. The first-order valence-corrected chi connectivity index (χ1v) is 7.77. The molecular weight excluding hydrogens is 311 g/mol. The zero-order valence-corrected chi connectivity index (χ0v) is 13.8. The maximum absolute atomic E-state index is 14.1. The Hall–Kier alpha value is -2.70. The molecule has 0 spiro atoms. The van der Waals surface area contributed by atoms with Crippen LogP contribution in [0.15, 0.2) is 24.4 Å². The van der Waals surface area contributed by atoms with E-state index in [9.17, 15) is 9.18 Å². The van der Waals surface area contributed by atoms with Crippen LogP contribution in [0.2, 0.25) is 0 Å². The SMILES string of the molecule is CCC1c2cc(F)c(OC)cc2CN1c1ccnc(C(=O)NC)n1. The van der Waals surface area contributed by atoms with Crippen LogP contribution >= 0.6 is 0 Å². The number of halogens is 1. The van der Waals surface area contributed by atoms with Crippen LogP contribution in [-0.2, 0) is 6.54 Å². The summed E-state index contributed by atoms with van der Waals surface area (Å²) >= 11 is 0.